The molecule has 1 aliphatic carbocycles. The van der Waals surface area contributed by atoms with Gasteiger partial charge in [-0.1, -0.05) is 26.2 Å². The van der Waals surface area contributed by atoms with Crippen LogP contribution in [0.25, 0.3) is 33.9 Å². The van der Waals surface area contributed by atoms with E-state index >= 15 is 0 Å². The van der Waals surface area contributed by atoms with Crippen molar-refractivity contribution in [1.82, 2.24) is 35.4 Å². The molecule has 0 radical (unpaired) electrons. The maximum atomic E-state index is 13.1. The Bertz CT molecular complexity index is 1250. The summed E-state index contributed by atoms with van der Waals surface area (Å²) in [6.07, 6.45) is 8.90. The number of hydrogen-bond donors (Lipinski definition) is 2. The van der Waals surface area contributed by atoms with E-state index in [2.05, 4.69) is 32.5 Å². The van der Waals surface area contributed by atoms with Crippen molar-refractivity contribution in [3.63, 3.8) is 0 Å². The van der Waals surface area contributed by atoms with Crippen LogP contribution in [0, 0.1) is 0 Å². The number of benzene rings is 1. The van der Waals surface area contributed by atoms with Crippen molar-refractivity contribution in [2.24, 2.45) is 0 Å². The van der Waals surface area contributed by atoms with Gasteiger partial charge in [-0.2, -0.15) is 10.3 Å². The van der Waals surface area contributed by atoms with Crippen molar-refractivity contribution in [2.75, 3.05) is 6.61 Å². The van der Waals surface area contributed by atoms with Crippen LogP contribution in [0.15, 0.2) is 47.4 Å². The molecule has 0 bridgehead atoms. The predicted molar refractivity (Wildman–Crippen MR) is 125 cm³/mol. The summed E-state index contributed by atoms with van der Waals surface area (Å²) in [6.45, 7) is 2.91. The largest absolute Gasteiger partial charge is 0.494 e. The lowest BCUT2D eigenvalue weighted by Gasteiger charge is -2.10. The second-order valence-corrected chi connectivity index (χ2v) is 8.38. The average molecular weight is 446 g/mol. The number of hydrogen-bond acceptors (Lipinski definition) is 6. The number of nitrogens with zero attached hydrogens (tertiary/aromatic N) is 5. The number of tetrazole rings is 1. The van der Waals surface area contributed by atoms with Gasteiger partial charge >= 0.3 is 0 Å². The Balaban J connectivity index is 1.45. The third-order valence-electron chi connectivity index (χ3n) is 5.84. The van der Waals surface area contributed by atoms with Crippen molar-refractivity contribution < 1.29 is 4.74 Å². The molecule has 1 aliphatic rings. The van der Waals surface area contributed by atoms with E-state index in [1.807, 2.05) is 47.3 Å². The van der Waals surface area contributed by atoms with Crippen LogP contribution >= 0.6 is 0 Å². The van der Waals surface area contributed by atoms with Crippen molar-refractivity contribution in [1.29, 1.82) is 0 Å². The monoisotopic (exact) mass is 445 g/mol. The molecule has 3 heterocycles. The highest BCUT2D eigenvalue weighted by Crippen LogP contribution is 2.36. The molecule has 0 amide bonds. The van der Waals surface area contributed by atoms with Gasteiger partial charge in [-0.05, 0) is 66.4 Å². The maximum Gasteiger partial charge on any atom is 0.260 e. The van der Waals surface area contributed by atoms with Crippen LogP contribution in [0.2, 0.25) is 0 Å². The topological polar surface area (TPSA) is 114 Å². The number of nitrogens with one attached hydrogen (secondary N) is 2. The average Bonchev–Trinajstić information content (AvgIpc) is 3.32. The summed E-state index contributed by atoms with van der Waals surface area (Å²) in [5.41, 5.74) is 3.01. The maximum absolute atomic E-state index is 13.1. The number of aromatic amines is 2. The van der Waals surface area contributed by atoms with E-state index in [0.29, 0.717) is 35.2 Å². The third-order valence-corrected chi connectivity index (χ3v) is 5.84. The molecular weight excluding hydrogens is 418 g/mol. The number of H-pyrrole nitrogens is 2. The minimum atomic E-state index is -0.291. The first kappa shape index (κ1) is 21.1. The highest BCUT2D eigenvalue weighted by atomic mass is 16.5. The summed E-state index contributed by atoms with van der Waals surface area (Å²) >= 11 is 0. The molecule has 0 unspecified atom stereocenters. The Morgan fingerprint density at radius 3 is 2.70 bits per heavy atom. The lowest BCUT2D eigenvalue weighted by Crippen LogP contribution is -2.13. The van der Waals surface area contributed by atoms with Crippen LogP contribution in [0.4, 0.5) is 0 Å². The van der Waals surface area contributed by atoms with E-state index in [1.165, 1.54) is 19.3 Å². The molecule has 33 heavy (non-hydrogen) atoms. The second-order valence-electron chi connectivity index (χ2n) is 8.38. The van der Waals surface area contributed by atoms with E-state index in [9.17, 15) is 4.79 Å². The fraction of sp³-hybridized carbons (Fsp3) is 0.375. The van der Waals surface area contributed by atoms with E-state index in [0.717, 1.165) is 30.6 Å². The van der Waals surface area contributed by atoms with E-state index in [4.69, 9.17) is 9.84 Å². The summed E-state index contributed by atoms with van der Waals surface area (Å²) in [7, 11) is 0. The summed E-state index contributed by atoms with van der Waals surface area (Å²) in [5, 5.41) is 18.8. The zero-order chi connectivity index (χ0) is 22.6. The zero-order valence-corrected chi connectivity index (χ0v) is 18.6. The number of unbranched alkanes of at least 4 members (excludes halogenated alkanes) is 3. The first-order chi connectivity index (χ1) is 16.2. The number of ether oxygens (including phenoxy) is 1. The zero-order valence-electron chi connectivity index (χ0n) is 18.6. The summed E-state index contributed by atoms with van der Waals surface area (Å²) in [6, 6.07) is 12.1. The van der Waals surface area contributed by atoms with Crippen molar-refractivity contribution in [2.45, 2.75) is 51.5 Å². The third kappa shape index (κ3) is 4.72. The van der Waals surface area contributed by atoms with Crippen molar-refractivity contribution in [3.05, 3.63) is 52.9 Å². The Morgan fingerprint density at radius 1 is 1.12 bits per heavy atom. The first-order valence-electron chi connectivity index (χ1n) is 11.5. The van der Waals surface area contributed by atoms with Crippen molar-refractivity contribution >= 4 is 0 Å². The number of aromatic nitrogens is 7. The Hall–Kier alpha value is -3.75. The van der Waals surface area contributed by atoms with Gasteiger partial charge in [-0.15, -0.1) is 10.2 Å². The van der Waals surface area contributed by atoms with E-state index in [1.54, 1.807) is 0 Å². The molecule has 4 aromatic rings. The first-order valence-corrected chi connectivity index (χ1v) is 11.5. The molecule has 5 rings (SSSR count). The van der Waals surface area contributed by atoms with Crippen LogP contribution in [-0.4, -0.2) is 42.0 Å². The van der Waals surface area contributed by atoms with Gasteiger partial charge in [0.05, 0.1) is 23.9 Å². The highest BCUT2D eigenvalue weighted by molar-refractivity contribution is 5.81. The van der Waals surface area contributed by atoms with E-state index < -0.39 is 0 Å². The quantitative estimate of drug-likeness (QED) is 0.350. The van der Waals surface area contributed by atoms with Gasteiger partial charge < -0.3 is 9.72 Å². The van der Waals surface area contributed by atoms with Crippen LogP contribution in [0.1, 0.15) is 51.5 Å². The molecule has 0 spiro atoms. The molecule has 3 aromatic heterocycles. The molecule has 0 atom stereocenters. The molecule has 9 nitrogen and oxygen atoms in total. The Morgan fingerprint density at radius 2 is 1.97 bits per heavy atom. The number of pyridine rings is 1. The fourth-order valence-electron chi connectivity index (χ4n) is 3.88. The van der Waals surface area contributed by atoms with Crippen LogP contribution in [-0.2, 0) is 0 Å². The van der Waals surface area contributed by atoms with E-state index in [-0.39, 0.29) is 11.4 Å². The van der Waals surface area contributed by atoms with Gasteiger partial charge in [-0.25, -0.2) is 0 Å². The minimum Gasteiger partial charge on any atom is -0.494 e. The Labute approximate surface area is 191 Å². The molecule has 170 valence electrons. The van der Waals surface area contributed by atoms with Gasteiger partial charge in [0.1, 0.15) is 5.75 Å². The normalized spacial score (nSPS) is 13.4. The van der Waals surface area contributed by atoms with Crippen LogP contribution in [0.5, 0.6) is 5.75 Å². The van der Waals surface area contributed by atoms with Crippen LogP contribution in [0.3, 0.4) is 0 Å². The fourth-order valence-corrected chi connectivity index (χ4v) is 3.88. The molecule has 9 heteroatoms. The van der Waals surface area contributed by atoms with Gasteiger partial charge in [0.25, 0.3) is 5.56 Å². The van der Waals surface area contributed by atoms with Crippen LogP contribution < -0.4 is 10.3 Å². The van der Waals surface area contributed by atoms with Gasteiger partial charge in [-0.3, -0.25) is 9.48 Å². The smallest absolute Gasteiger partial charge is 0.260 e. The molecule has 0 saturated heterocycles. The summed E-state index contributed by atoms with van der Waals surface area (Å²) in [5.74, 6) is 1.06. The van der Waals surface area contributed by atoms with Gasteiger partial charge in [0, 0.05) is 17.5 Å². The highest BCUT2D eigenvalue weighted by Gasteiger charge is 2.26. The van der Waals surface area contributed by atoms with Gasteiger partial charge in [0.2, 0.25) is 5.82 Å². The molecule has 1 aromatic carbocycles. The summed E-state index contributed by atoms with van der Waals surface area (Å²) in [4.78, 5) is 16.1. The minimum absolute atomic E-state index is 0.241. The predicted octanol–water partition coefficient (Wildman–Crippen LogP) is 4.38. The standard InChI is InChI=1S/C24H27N7O2/c1-2-3-4-5-14-33-18-10-6-16(7-11-18)21-15-19(20-12-13-31(28-20)17-8-9-17)22(24(32)25-21)23-26-29-30-27-23/h6-7,10-13,15,17H,2-5,8-9,14H2,1H3,(H,25,32)(H,26,27,29,30). The second kappa shape index (κ2) is 9.40. The SMILES string of the molecule is CCCCCCOc1ccc(-c2cc(-c3ccn(C4CC4)n3)c(-c3nn[nH]n3)c(=O)[nH]2)cc1. The van der Waals surface area contributed by atoms with Crippen molar-refractivity contribution in [3.8, 4) is 39.7 Å². The molecule has 1 saturated carbocycles. The lowest BCUT2D eigenvalue weighted by molar-refractivity contribution is 0.305. The Kier molecular flexibility index (Phi) is 6.01. The number of rotatable bonds is 10. The molecular formula is C24H27N7O2. The molecule has 0 aliphatic heterocycles. The lowest BCUT2D eigenvalue weighted by atomic mass is 10.0. The summed E-state index contributed by atoms with van der Waals surface area (Å²) < 4.78 is 7.81. The molecule has 1 fully saturated rings. The van der Waals surface area contributed by atoms with Gasteiger partial charge in [0.15, 0.2) is 0 Å². The molecule has 2 N–H and O–H groups in total.